The summed E-state index contributed by atoms with van der Waals surface area (Å²) in [4.78, 5) is 26.1. The lowest BCUT2D eigenvalue weighted by Crippen LogP contribution is -2.29. The second kappa shape index (κ2) is 8.66. The summed E-state index contributed by atoms with van der Waals surface area (Å²) in [5.74, 6) is -0.842. The topological polar surface area (TPSA) is 77.6 Å². The van der Waals surface area contributed by atoms with Crippen molar-refractivity contribution in [2.24, 2.45) is 0 Å². The van der Waals surface area contributed by atoms with Crippen molar-refractivity contribution in [3.63, 3.8) is 0 Å². The van der Waals surface area contributed by atoms with E-state index in [0.717, 1.165) is 6.20 Å². The van der Waals surface area contributed by atoms with Gasteiger partial charge in [-0.25, -0.2) is 9.48 Å². The van der Waals surface area contributed by atoms with Crippen molar-refractivity contribution in [2.45, 2.75) is 26.1 Å². The molecule has 0 aliphatic rings. The molecule has 2 heterocycles. The summed E-state index contributed by atoms with van der Waals surface area (Å²) in [6.45, 7) is 3.22. The molecular formula is C21H20F3N3O4. The Bertz CT molecular complexity index is 1060. The van der Waals surface area contributed by atoms with Crippen molar-refractivity contribution in [1.29, 1.82) is 0 Å². The van der Waals surface area contributed by atoms with Crippen LogP contribution in [0.1, 0.15) is 52.1 Å². The maximum atomic E-state index is 13.6. The zero-order valence-corrected chi connectivity index (χ0v) is 17.0. The van der Waals surface area contributed by atoms with E-state index in [2.05, 4.69) is 5.10 Å². The first-order chi connectivity index (χ1) is 14.6. The number of hydrogen-bond donors (Lipinski definition) is 0. The first-order valence-electron chi connectivity index (χ1n) is 9.38. The van der Waals surface area contributed by atoms with Crippen molar-refractivity contribution in [3.05, 3.63) is 71.4 Å². The standard InChI is InChI=1S/C21H20F3N3O4/c1-4-30-20(29)16-12-25-27(18(16)21(22,23)24)15-9-7-14(8-10-15)19(28)26(3)13(2)17-6-5-11-31-17/h5-13H,4H2,1-3H3. The van der Waals surface area contributed by atoms with Crippen LogP contribution in [-0.2, 0) is 10.9 Å². The third-order valence-corrected chi connectivity index (χ3v) is 4.75. The zero-order chi connectivity index (χ0) is 22.8. The van der Waals surface area contributed by atoms with E-state index < -0.39 is 23.4 Å². The van der Waals surface area contributed by atoms with Crippen molar-refractivity contribution in [2.75, 3.05) is 13.7 Å². The Hall–Kier alpha value is -3.56. The molecule has 1 atom stereocenters. The molecule has 7 nitrogen and oxygen atoms in total. The molecule has 2 aromatic heterocycles. The summed E-state index contributed by atoms with van der Waals surface area (Å²) in [7, 11) is 1.60. The molecule has 1 aromatic carbocycles. The normalized spacial score (nSPS) is 12.5. The molecule has 1 amide bonds. The van der Waals surface area contributed by atoms with Gasteiger partial charge in [-0.05, 0) is 50.2 Å². The van der Waals surface area contributed by atoms with Crippen LogP contribution in [0.3, 0.4) is 0 Å². The molecule has 0 aliphatic carbocycles. The first-order valence-corrected chi connectivity index (χ1v) is 9.38. The molecule has 10 heteroatoms. The van der Waals surface area contributed by atoms with Gasteiger partial charge in [0.05, 0.1) is 30.8 Å². The summed E-state index contributed by atoms with van der Waals surface area (Å²) < 4.78 is 51.5. The summed E-state index contributed by atoms with van der Waals surface area (Å²) in [5, 5.41) is 3.72. The van der Waals surface area contributed by atoms with E-state index in [9.17, 15) is 22.8 Å². The second-order valence-electron chi connectivity index (χ2n) is 6.69. The van der Waals surface area contributed by atoms with Gasteiger partial charge in [-0.2, -0.15) is 18.3 Å². The van der Waals surface area contributed by atoms with E-state index in [4.69, 9.17) is 9.15 Å². The summed E-state index contributed by atoms with van der Waals surface area (Å²) in [6.07, 6.45) is -2.52. The molecule has 164 valence electrons. The van der Waals surface area contributed by atoms with Gasteiger partial charge in [0.15, 0.2) is 5.69 Å². The highest BCUT2D eigenvalue weighted by Gasteiger charge is 2.41. The van der Waals surface area contributed by atoms with E-state index in [1.165, 1.54) is 42.4 Å². The number of amides is 1. The molecule has 0 saturated carbocycles. The third kappa shape index (κ3) is 4.47. The fourth-order valence-electron chi connectivity index (χ4n) is 3.02. The summed E-state index contributed by atoms with van der Waals surface area (Å²) in [6, 6.07) is 8.58. The van der Waals surface area contributed by atoms with Crippen molar-refractivity contribution in [3.8, 4) is 5.69 Å². The van der Waals surface area contributed by atoms with Crippen molar-refractivity contribution in [1.82, 2.24) is 14.7 Å². The van der Waals surface area contributed by atoms with Gasteiger partial charge >= 0.3 is 12.1 Å². The Morgan fingerprint density at radius 1 is 1.23 bits per heavy atom. The Morgan fingerprint density at radius 2 is 1.90 bits per heavy atom. The fourth-order valence-corrected chi connectivity index (χ4v) is 3.02. The van der Waals surface area contributed by atoms with Gasteiger partial charge in [-0.3, -0.25) is 4.79 Å². The number of esters is 1. The molecular weight excluding hydrogens is 415 g/mol. The fraction of sp³-hybridized carbons (Fsp3) is 0.286. The maximum Gasteiger partial charge on any atom is 0.434 e. The number of aromatic nitrogens is 2. The van der Waals surface area contributed by atoms with Gasteiger partial charge < -0.3 is 14.1 Å². The lowest BCUT2D eigenvalue weighted by Gasteiger charge is -2.23. The van der Waals surface area contributed by atoms with E-state index in [-0.39, 0.29) is 29.8 Å². The molecule has 0 spiro atoms. The Balaban J connectivity index is 1.89. The van der Waals surface area contributed by atoms with Crippen LogP contribution >= 0.6 is 0 Å². The van der Waals surface area contributed by atoms with Crippen LogP contribution in [-0.4, -0.2) is 40.2 Å². The summed E-state index contributed by atoms with van der Waals surface area (Å²) in [5.41, 5.74) is -1.60. The monoisotopic (exact) mass is 435 g/mol. The van der Waals surface area contributed by atoms with E-state index in [1.54, 1.807) is 26.1 Å². The Kier molecular flexibility index (Phi) is 6.19. The van der Waals surface area contributed by atoms with Crippen LogP contribution in [0.5, 0.6) is 0 Å². The smallest absolute Gasteiger partial charge is 0.434 e. The molecule has 0 saturated heterocycles. The molecule has 3 rings (SSSR count). The predicted octanol–water partition coefficient (Wildman–Crippen LogP) is 4.49. The number of hydrogen-bond acceptors (Lipinski definition) is 5. The summed E-state index contributed by atoms with van der Waals surface area (Å²) >= 11 is 0. The minimum absolute atomic E-state index is 0.0427. The van der Waals surface area contributed by atoms with E-state index >= 15 is 0 Å². The SMILES string of the molecule is CCOC(=O)c1cnn(-c2ccc(C(=O)N(C)C(C)c3ccco3)cc2)c1C(F)(F)F. The predicted molar refractivity (Wildman–Crippen MR) is 104 cm³/mol. The number of ether oxygens (including phenoxy) is 1. The number of benzene rings is 1. The van der Waals surface area contributed by atoms with Gasteiger partial charge in [-0.15, -0.1) is 0 Å². The van der Waals surface area contributed by atoms with Gasteiger partial charge in [0.1, 0.15) is 11.3 Å². The number of rotatable bonds is 6. The van der Waals surface area contributed by atoms with Gasteiger partial charge in [-0.1, -0.05) is 0 Å². The number of nitrogens with zero attached hydrogens (tertiary/aromatic N) is 3. The van der Waals surface area contributed by atoms with E-state index in [1.807, 2.05) is 0 Å². The van der Waals surface area contributed by atoms with Crippen LogP contribution in [0.4, 0.5) is 13.2 Å². The van der Waals surface area contributed by atoms with Crippen LogP contribution < -0.4 is 0 Å². The number of alkyl halides is 3. The van der Waals surface area contributed by atoms with Crippen molar-refractivity contribution >= 4 is 11.9 Å². The highest BCUT2D eigenvalue weighted by molar-refractivity contribution is 5.94. The quantitative estimate of drug-likeness (QED) is 0.533. The Morgan fingerprint density at radius 3 is 2.45 bits per heavy atom. The lowest BCUT2D eigenvalue weighted by molar-refractivity contribution is -0.143. The molecule has 0 aliphatic heterocycles. The van der Waals surface area contributed by atoms with Crippen LogP contribution in [0.15, 0.2) is 53.3 Å². The maximum absolute atomic E-state index is 13.6. The third-order valence-electron chi connectivity index (χ3n) is 4.75. The second-order valence-corrected chi connectivity index (χ2v) is 6.69. The van der Waals surface area contributed by atoms with Crippen LogP contribution in [0.25, 0.3) is 5.69 Å². The minimum atomic E-state index is -4.84. The molecule has 0 radical (unpaired) electrons. The van der Waals surface area contributed by atoms with Gasteiger partial charge in [0, 0.05) is 12.6 Å². The minimum Gasteiger partial charge on any atom is -0.467 e. The lowest BCUT2D eigenvalue weighted by atomic mass is 10.1. The van der Waals surface area contributed by atoms with Gasteiger partial charge in [0.25, 0.3) is 5.91 Å². The highest BCUT2D eigenvalue weighted by Crippen LogP contribution is 2.34. The number of furan rings is 1. The van der Waals surface area contributed by atoms with Gasteiger partial charge in [0.2, 0.25) is 0 Å². The molecule has 3 aromatic rings. The van der Waals surface area contributed by atoms with Crippen LogP contribution in [0, 0.1) is 0 Å². The zero-order valence-electron chi connectivity index (χ0n) is 17.0. The largest absolute Gasteiger partial charge is 0.467 e. The Labute approximate surface area is 176 Å². The van der Waals surface area contributed by atoms with E-state index in [0.29, 0.717) is 10.4 Å². The highest BCUT2D eigenvalue weighted by atomic mass is 19.4. The molecule has 1 unspecified atom stereocenters. The molecule has 0 fully saturated rings. The average molecular weight is 435 g/mol. The first kappa shape index (κ1) is 22.1. The number of carbonyl (C=O) groups excluding carboxylic acids is 2. The molecule has 0 N–H and O–H groups in total. The average Bonchev–Trinajstić information content (AvgIpc) is 3.42. The number of halogens is 3. The number of carbonyl (C=O) groups is 2. The van der Waals surface area contributed by atoms with Crippen molar-refractivity contribution < 1.29 is 31.9 Å². The van der Waals surface area contributed by atoms with Crippen LogP contribution in [0.2, 0.25) is 0 Å². The molecule has 0 bridgehead atoms. The molecule has 31 heavy (non-hydrogen) atoms.